The Morgan fingerprint density at radius 3 is 1.74 bits per heavy atom. The van der Waals surface area contributed by atoms with Crippen LogP contribution in [0.4, 0.5) is 26.3 Å². The summed E-state index contributed by atoms with van der Waals surface area (Å²) in [5.41, 5.74) is -2.93. The second kappa shape index (κ2) is 4.88. The van der Waals surface area contributed by atoms with Gasteiger partial charge in [-0.25, -0.2) is 0 Å². The summed E-state index contributed by atoms with van der Waals surface area (Å²) >= 11 is 0. The highest BCUT2D eigenvalue weighted by molar-refractivity contribution is 5.92. The molecule has 0 fully saturated rings. The maximum absolute atomic E-state index is 13.6. The van der Waals surface area contributed by atoms with Gasteiger partial charge in [0.25, 0.3) is 0 Å². The molecule has 23 heavy (non-hydrogen) atoms. The predicted molar refractivity (Wildman–Crippen MR) is 73.6 cm³/mol. The van der Waals surface area contributed by atoms with E-state index in [9.17, 15) is 26.3 Å². The molecule has 0 bridgehead atoms. The Balaban J connectivity index is 1.97. The van der Waals surface area contributed by atoms with Crippen molar-refractivity contribution in [1.82, 2.24) is 0 Å². The van der Waals surface area contributed by atoms with Crippen LogP contribution in [-0.4, -0.2) is 6.18 Å². The van der Waals surface area contributed by atoms with Crippen molar-refractivity contribution in [2.45, 2.75) is 17.8 Å². The first-order chi connectivity index (χ1) is 10.7. The van der Waals surface area contributed by atoms with Gasteiger partial charge in [0.2, 0.25) is 0 Å². The van der Waals surface area contributed by atoms with Crippen molar-refractivity contribution in [3.63, 3.8) is 0 Å². The lowest BCUT2D eigenvalue weighted by Crippen LogP contribution is -2.31. The Morgan fingerprint density at radius 2 is 1.26 bits per heavy atom. The van der Waals surface area contributed by atoms with E-state index < -0.39 is 23.3 Å². The van der Waals surface area contributed by atoms with E-state index in [0.717, 1.165) is 30.3 Å². The summed E-state index contributed by atoms with van der Waals surface area (Å²) in [5, 5.41) is 0. The van der Waals surface area contributed by atoms with Crippen LogP contribution in [0.25, 0.3) is 5.57 Å². The van der Waals surface area contributed by atoms with Gasteiger partial charge in [-0.1, -0.05) is 48.5 Å². The van der Waals surface area contributed by atoms with E-state index in [1.165, 1.54) is 24.3 Å². The molecule has 1 aliphatic carbocycles. The summed E-state index contributed by atoms with van der Waals surface area (Å²) in [6, 6.07) is 11.1. The zero-order valence-corrected chi connectivity index (χ0v) is 11.5. The van der Waals surface area contributed by atoms with E-state index in [4.69, 9.17) is 0 Å². The summed E-state index contributed by atoms with van der Waals surface area (Å²) in [7, 11) is 0. The summed E-state index contributed by atoms with van der Waals surface area (Å²) in [4.78, 5) is 0. The molecule has 0 radical (unpaired) electrons. The number of hydrogen-bond donors (Lipinski definition) is 0. The largest absolute Gasteiger partial charge is 0.416 e. The van der Waals surface area contributed by atoms with Gasteiger partial charge in [0.1, 0.15) is 5.41 Å². The van der Waals surface area contributed by atoms with Crippen LogP contribution in [0, 0.1) is 0 Å². The van der Waals surface area contributed by atoms with E-state index in [1.807, 2.05) is 0 Å². The smallest absolute Gasteiger partial charge is 0.169 e. The standard InChI is InChI=1S/C17H10F6/c18-16(19,20)13-8-6-11(7-9-13)14-10-15(14,17(21,22)23)12-4-2-1-3-5-12/h1-10H. The molecular formula is C17H10F6. The monoisotopic (exact) mass is 328 g/mol. The Morgan fingerprint density at radius 1 is 0.696 bits per heavy atom. The van der Waals surface area contributed by atoms with Crippen molar-refractivity contribution < 1.29 is 26.3 Å². The molecule has 0 aromatic heterocycles. The third-order valence-electron chi connectivity index (χ3n) is 3.90. The number of alkyl halides is 6. The fourth-order valence-electron chi connectivity index (χ4n) is 2.67. The number of rotatable bonds is 2. The van der Waals surface area contributed by atoms with Gasteiger partial charge in [-0.05, 0) is 28.8 Å². The summed E-state index contributed by atoms with van der Waals surface area (Å²) in [5.74, 6) is 0. The Hall–Kier alpha value is -2.24. The van der Waals surface area contributed by atoms with Gasteiger partial charge >= 0.3 is 12.4 Å². The summed E-state index contributed by atoms with van der Waals surface area (Å²) in [6.07, 6.45) is -8.02. The molecule has 0 aliphatic heterocycles. The second-order valence-corrected chi connectivity index (χ2v) is 5.30. The molecule has 0 spiro atoms. The van der Waals surface area contributed by atoms with Gasteiger partial charge in [-0.2, -0.15) is 26.3 Å². The van der Waals surface area contributed by atoms with E-state index in [-0.39, 0.29) is 16.7 Å². The van der Waals surface area contributed by atoms with Gasteiger partial charge in [-0.15, -0.1) is 0 Å². The van der Waals surface area contributed by atoms with Crippen molar-refractivity contribution in [3.8, 4) is 0 Å². The minimum absolute atomic E-state index is 0.0232. The number of allylic oxidation sites excluding steroid dienone is 2. The first kappa shape index (κ1) is 15.6. The highest BCUT2D eigenvalue weighted by atomic mass is 19.4. The molecule has 6 heteroatoms. The molecule has 2 aromatic carbocycles. The van der Waals surface area contributed by atoms with Crippen LogP contribution in [0.1, 0.15) is 16.7 Å². The lowest BCUT2D eigenvalue weighted by molar-refractivity contribution is -0.151. The predicted octanol–water partition coefficient (Wildman–Crippen LogP) is 5.60. The van der Waals surface area contributed by atoms with Crippen LogP contribution >= 0.6 is 0 Å². The van der Waals surface area contributed by atoms with Crippen LogP contribution < -0.4 is 0 Å². The van der Waals surface area contributed by atoms with Gasteiger partial charge < -0.3 is 0 Å². The summed E-state index contributed by atoms with van der Waals surface area (Å²) < 4.78 is 78.3. The maximum atomic E-state index is 13.6. The van der Waals surface area contributed by atoms with Crippen LogP contribution in [0.2, 0.25) is 0 Å². The molecule has 0 saturated heterocycles. The Labute approximate surface area is 128 Å². The van der Waals surface area contributed by atoms with Crippen molar-refractivity contribution >= 4 is 5.57 Å². The fourth-order valence-corrected chi connectivity index (χ4v) is 2.67. The highest BCUT2D eigenvalue weighted by Crippen LogP contribution is 2.61. The van der Waals surface area contributed by atoms with Crippen LogP contribution in [0.5, 0.6) is 0 Å². The molecule has 1 aliphatic rings. The molecule has 3 rings (SSSR count). The van der Waals surface area contributed by atoms with E-state index in [2.05, 4.69) is 0 Å². The van der Waals surface area contributed by atoms with Crippen molar-refractivity contribution in [2.24, 2.45) is 0 Å². The molecule has 0 amide bonds. The lowest BCUT2D eigenvalue weighted by atomic mass is 9.87. The molecule has 0 heterocycles. The molecule has 0 N–H and O–H groups in total. The zero-order valence-electron chi connectivity index (χ0n) is 11.5. The first-order valence-corrected chi connectivity index (χ1v) is 6.69. The quantitative estimate of drug-likeness (QED) is 0.629. The molecule has 0 saturated carbocycles. The van der Waals surface area contributed by atoms with Gasteiger partial charge in [0.05, 0.1) is 5.56 Å². The Bertz CT molecular complexity index is 737. The van der Waals surface area contributed by atoms with Crippen molar-refractivity contribution in [3.05, 3.63) is 77.4 Å². The maximum Gasteiger partial charge on any atom is 0.416 e. The molecule has 1 unspecified atom stereocenters. The topological polar surface area (TPSA) is 0 Å². The normalized spacial score (nSPS) is 21.0. The Kier molecular flexibility index (Phi) is 3.32. The third kappa shape index (κ3) is 2.52. The van der Waals surface area contributed by atoms with E-state index in [1.54, 1.807) is 6.07 Å². The van der Waals surface area contributed by atoms with Gasteiger partial charge in [0, 0.05) is 0 Å². The molecular weight excluding hydrogens is 318 g/mol. The zero-order chi connectivity index (χ0) is 16.9. The van der Waals surface area contributed by atoms with Crippen LogP contribution in [-0.2, 0) is 11.6 Å². The minimum Gasteiger partial charge on any atom is -0.169 e. The molecule has 0 nitrogen and oxygen atoms in total. The summed E-state index contributed by atoms with van der Waals surface area (Å²) in [6.45, 7) is 0. The second-order valence-electron chi connectivity index (χ2n) is 5.30. The van der Waals surface area contributed by atoms with Crippen LogP contribution in [0.15, 0.2) is 60.7 Å². The fraction of sp³-hybridized carbons (Fsp3) is 0.176. The molecule has 120 valence electrons. The average molecular weight is 328 g/mol. The molecule has 1 atom stereocenters. The lowest BCUT2D eigenvalue weighted by Gasteiger charge is -2.23. The van der Waals surface area contributed by atoms with Gasteiger partial charge in [-0.3, -0.25) is 0 Å². The SMILES string of the molecule is FC(F)(F)c1ccc(C2=CC2(c2ccccc2)C(F)(F)F)cc1. The molecule has 2 aromatic rings. The first-order valence-electron chi connectivity index (χ1n) is 6.69. The number of halogens is 6. The van der Waals surface area contributed by atoms with E-state index >= 15 is 0 Å². The van der Waals surface area contributed by atoms with Crippen molar-refractivity contribution in [2.75, 3.05) is 0 Å². The number of hydrogen-bond acceptors (Lipinski definition) is 0. The van der Waals surface area contributed by atoms with Gasteiger partial charge in [0.15, 0.2) is 0 Å². The van der Waals surface area contributed by atoms with Crippen molar-refractivity contribution in [1.29, 1.82) is 0 Å². The average Bonchev–Trinajstić information content (AvgIpc) is 3.24. The minimum atomic E-state index is -4.55. The highest BCUT2D eigenvalue weighted by Gasteiger charge is 2.65. The van der Waals surface area contributed by atoms with E-state index in [0.29, 0.717) is 0 Å². The van der Waals surface area contributed by atoms with Crippen LogP contribution in [0.3, 0.4) is 0 Å². The third-order valence-corrected chi connectivity index (χ3v) is 3.90. The number of benzene rings is 2.